The first-order valence-electron chi connectivity index (χ1n) is 9.75. The van der Waals surface area contributed by atoms with E-state index in [9.17, 15) is 10.4 Å². The summed E-state index contributed by atoms with van der Waals surface area (Å²) in [6.45, 7) is 4.51. The highest BCUT2D eigenvalue weighted by Gasteiger charge is 2.21. The molecule has 28 heavy (non-hydrogen) atoms. The molecule has 3 N–H and O–H groups in total. The van der Waals surface area contributed by atoms with Crippen LogP contribution in [0.25, 0.3) is 0 Å². The predicted octanol–water partition coefficient (Wildman–Crippen LogP) is 3.46. The molecule has 1 aliphatic rings. The van der Waals surface area contributed by atoms with Gasteiger partial charge in [-0.1, -0.05) is 18.2 Å². The number of nitrogens with one attached hydrogen (secondary N) is 2. The first-order chi connectivity index (χ1) is 13.5. The van der Waals surface area contributed by atoms with E-state index >= 15 is 0 Å². The Labute approximate surface area is 165 Å². The van der Waals surface area contributed by atoms with Gasteiger partial charge in [0.2, 0.25) is 5.95 Å². The van der Waals surface area contributed by atoms with Gasteiger partial charge in [-0.05, 0) is 45.6 Å². The summed E-state index contributed by atoms with van der Waals surface area (Å²) in [4.78, 5) is 8.76. The normalized spacial score (nSPS) is 19.1. The van der Waals surface area contributed by atoms with E-state index in [1.165, 1.54) is 6.20 Å². The van der Waals surface area contributed by atoms with Crippen LogP contribution in [0.1, 0.15) is 50.7 Å². The fourth-order valence-electron chi connectivity index (χ4n) is 3.27. The van der Waals surface area contributed by atoms with Crippen LogP contribution in [-0.2, 0) is 6.54 Å². The summed E-state index contributed by atoms with van der Waals surface area (Å²) < 4.78 is 5.85. The van der Waals surface area contributed by atoms with Crippen molar-refractivity contribution in [2.75, 3.05) is 10.6 Å². The van der Waals surface area contributed by atoms with E-state index in [0.717, 1.165) is 37.0 Å². The molecule has 3 rings (SSSR count). The highest BCUT2D eigenvalue weighted by molar-refractivity contribution is 5.54. The molecule has 1 aromatic heterocycles. The summed E-state index contributed by atoms with van der Waals surface area (Å²) in [5, 5.41) is 25.6. The van der Waals surface area contributed by atoms with Crippen LogP contribution in [0, 0.1) is 11.3 Å². The van der Waals surface area contributed by atoms with Crippen molar-refractivity contribution in [1.82, 2.24) is 9.97 Å². The third-order valence-corrected chi connectivity index (χ3v) is 4.72. The molecule has 1 aromatic carbocycles. The smallest absolute Gasteiger partial charge is 0.224 e. The molecular weight excluding hydrogens is 354 g/mol. The van der Waals surface area contributed by atoms with Gasteiger partial charge in [-0.2, -0.15) is 10.2 Å². The second-order valence-corrected chi connectivity index (χ2v) is 7.35. The van der Waals surface area contributed by atoms with Crippen molar-refractivity contribution in [2.45, 2.75) is 64.3 Å². The van der Waals surface area contributed by atoms with E-state index in [4.69, 9.17) is 4.74 Å². The molecule has 0 bridgehead atoms. The van der Waals surface area contributed by atoms with Crippen molar-refractivity contribution in [3.05, 3.63) is 41.6 Å². The van der Waals surface area contributed by atoms with Crippen LogP contribution in [0.5, 0.6) is 5.75 Å². The van der Waals surface area contributed by atoms with E-state index < -0.39 is 0 Å². The molecule has 0 radical (unpaired) electrons. The summed E-state index contributed by atoms with van der Waals surface area (Å²) >= 11 is 0. The topological polar surface area (TPSA) is 103 Å². The van der Waals surface area contributed by atoms with Crippen LogP contribution in [-0.4, -0.2) is 33.3 Å². The zero-order chi connectivity index (χ0) is 19.9. The Morgan fingerprint density at radius 2 is 2.00 bits per heavy atom. The Morgan fingerprint density at radius 3 is 2.71 bits per heavy atom. The Bertz CT molecular complexity index is 826. The molecule has 1 aliphatic carbocycles. The van der Waals surface area contributed by atoms with Crippen molar-refractivity contribution < 1.29 is 9.84 Å². The minimum Gasteiger partial charge on any atom is -0.491 e. The number of nitriles is 1. The summed E-state index contributed by atoms with van der Waals surface area (Å²) in [7, 11) is 0. The zero-order valence-electron chi connectivity index (χ0n) is 16.4. The van der Waals surface area contributed by atoms with Crippen molar-refractivity contribution in [3.63, 3.8) is 0 Å². The number of benzene rings is 1. The van der Waals surface area contributed by atoms with Crippen LogP contribution in [0.15, 0.2) is 30.5 Å². The monoisotopic (exact) mass is 381 g/mol. The van der Waals surface area contributed by atoms with Gasteiger partial charge < -0.3 is 20.5 Å². The quantitative estimate of drug-likeness (QED) is 0.675. The molecule has 0 unspecified atom stereocenters. The predicted molar refractivity (Wildman–Crippen MR) is 108 cm³/mol. The number of nitrogens with zero attached hydrogens (tertiary/aromatic N) is 3. The maximum atomic E-state index is 9.67. The van der Waals surface area contributed by atoms with Crippen molar-refractivity contribution in [1.29, 1.82) is 5.26 Å². The first kappa shape index (κ1) is 19.9. The maximum Gasteiger partial charge on any atom is 0.224 e. The second-order valence-electron chi connectivity index (χ2n) is 7.35. The molecule has 1 fully saturated rings. The maximum absolute atomic E-state index is 9.67. The number of aliphatic hydroxyl groups excluding tert-OH is 1. The summed E-state index contributed by atoms with van der Waals surface area (Å²) in [5.74, 6) is 1.82. The summed E-state index contributed by atoms with van der Waals surface area (Å²) in [6.07, 6.45) is 4.66. The molecule has 7 heteroatoms. The summed E-state index contributed by atoms with van der Waals surface area (Å²) in [5.41, 5.74) is 1.43. The molecule has 7 nitrogen and oxygen atoms in total. The number of hydrogen-bond acceptors (Lipinski definition) is 7. The van der Waals surface area contributed by atoms with E-state index in [-0.39, 0.29) is 18.2 Å². The van der Waals surface area contributed by atoms with Gasteiger partial charge in [0.25, 0.3) is 0 Å². The van der Waals surface area contributed by atoms with Crippen molar-refractivity contribution >= 4 is 11.8 Å². The Kier molecular flexibility index (Phi) is 6.66. The van der Waals surface area contributed by atoms with Gasteiger partial charge in [0.1, 0.15) is 23.2 Å². The van der Waals surface area contributed by atoms with Crippen LogP contribution >= 0.6 is 0 Å². The lowest BCUT2D eigenvalue weighted by Crippen LogP contribution is -2.29. The molecule has 0 aliphatic heterocycles. The Balaban J connectivity index is 1.69. The Morgan fingerprint density at radius 1 is 1.25 bits per heavy atom. The molecule has 2 aromatic rings. The highest BCUT2D eigenvalue weighted by Crippen LogP contribution is 2.24. The number of anilines is 2. The molecule has 1 heterocycles. The number of rotatable bonds is 7. The molecule has 0 atom stereocenters. The number of hydrogen-bond donors (Lipinski definition) is 3. The third-order valence-electron chi connectivity index (χ3n) is 4.72. The minimum absolute atomic E-state index is 0.0946. The summed E-state index contributed by atoms with van der Waals surface area (Å²) in [6, 6.07) is 10.2. The molecule has 148 valence electrons. The molecule has 0 spiro atoms. The third kappa shape index (κ3) is 5.33. The van der Waals surface area contributed by atoms with Gasteiger partial charge in [0.15, 0.2) is 0 Å². The van der Waals surface area contributed by atoms with Crippen LogP contribution in [0.4, 0.5) is 11.8 Å². The van der Waals surface area contributed by atoms with Gasteiger partial charge in [0.05, 0.1) is 18.4 Å². The molecule has 0 saturated heterocycles. The van der Waals surface area contributed by atoms with E-state index in [1.807, 2.05) is 38.1 Å². The largest absolute Gasteiger partial charge is 0.491 e. The lowest BCUT2D eigenvalue weighted by molar-refractivity contribution is 0.126. The second kappa shape index (κ2) is 9.38. The van der Waals surface area contributed by atoms with Crippen molar-refractivity contribution in [3.8, 4) is 11.8 Å². The van der Waals surface area contributed by atoms with Gasteiger partial charge >= 0.3 is 0 Å². The van der Waals surface area contributed by atoms with E-state index in [2.05, 4.69) is 26.7 Å². The average Bonchev–Trinajstić information content (AvgIpc) is 2.69. The number of aliphatic hydroxyl groups is 1. The Hall–Kier alpha value is -2.85. The van der Waals surface area contributed by atoms with Crippen molar-refractivity contribution in [2.24, 2.45) is 0 Å². The number of para-hydroxylation sites is 1. The van der Waals surface area contributed by atoms with E-state index in [1.54, 1.807) is 0 Å². The number of aromatic nitrogens is 2. The lowest BCUT2D eigenvalue weighted by atomic mass is 9.93. The average molecular weight is 381 g/mol. The SMILES string of the molecule is CC(C)Oc1ccccc1CNc1ncc(C#N)c(N[C@H]2CC[C@@H](O)CC2)n1. The van der Waals surface area contributed by atoms with E-state index in [0.29, 0.717) is 23.9 Å². The van der Waals surface area contributed by atoms with Gasteiger partial charge in [-0.15, -0.1) is 0 Å². The van der Waals surface area contributed by atoms with Gasteiger partial charge in [0, 0.05) is 18.2 Å². The zero-order valence-corrected chi connectivity index (χ0v) is 16.4. The van der Waals surface area contributed by atoms with Gasteiger partial charge in [-0.25, -0.2) is 4.98 Å². The fourth-order valence-corrected chi connectivity index (χ4v) is 3.27. The first-order valence-corrected chi connectivity index (χ1v) is 9.75. The fraction of sp³-hybridized carbons (Fsp3) is 0.476. The molecular formula is C21H27N5O2. The van der Waals surface area contributed by atoms with Gasteiger partial charge in [-0.3, -0.25) is 0 Å². The standard InChI is InChI=1S/C21H27N5O2/c1-14(2)28-19-6-4-3-5-15(19)12-23-21-24-13-16(11-22)20(26-21)25-17-7-9-18(27)10-8-17/h3-6,13-14,17-18,27H,7-10,12H2,1-2H3,(H2,23,24,25,26)/t17-,18+. The molecule has 0 amide bonds. The lowest BCUT2D eigenvalue weighted by Gasteiger charge is -2.26. The van der Waals surface area contributed by atoms with Crippen LogP contribution in [0.2, 0.25) is 0 Å². The minimum atomic E-state index is -0.218. The van der Waals surface area contributed by atoms with Crippen LogP contribution in [0.3, 0.4) is 0 Å². The van der Waals surface area contributed by atoms with Crippen LogP contribution < -0.4 is 15.4 Å². The molecule has 1 saturated carbocycles. The number of ether oxygens (including phenoxy) is 1. The highest BCUT2D eigenvalue weighted by atomic mass is 16.5.